The summed E-state index contributed by atoms with van der Waals surface area (Å²) < 4.78 is 1.19. The Morgan fingerprint density at radius 3 is 2.75 bits per heavy atom. The molecule has 0 bridgehead atoms. The van der Waals surface area contributed by atoms with Crippen LogP contribution in [-0.4, -0.2) is 0 Å². The van der Waals surface area contributed by atoms with Crippen LogP contribution in [0.2, 0.25) is 0 Å². The van der Waals surface area contributed by atoms with Crippen LogP contribution in [0.4, 0.5) is 0 Å². The highest BCUT2D eigenvalue weighted by Gasteiger charge is 2.24. The summed E-state index contributed by atoms with van der Waals surface area (Å²) in [5.74, 6) is 0. The van der Waals surface area contributed by atoms with Crippen LogP contribution in [-0.2, 0) is 6.42 Å². The molecule has 2 unspecified atom stereocenters. The molecular weight excluding hydrogens is 310 g/mol. The van der Waals surface area contributed by atoms with Gasteiger partial charge in [0, 0.05) is 16.6 Å². The molecule has 1 N–H and O–H groups in total. The molecule has 3 rings (SSSR count). The van der Waals surface area contributed by atoms with Crippen LogP contribution in [0.3, 0.4) is 0 Å². The highest BCUT2D eigenvalue weighted by molar-refractivity contribution is 9.10. The van der Waals surface area contributed by atoms with Gasteiger partial charge in [-0.2, -0.15) is 0 Å². The van der Waals surface area contributed by atoms with Gasteiger partial charge in [-0.25, -0.2) is 0 Å². The fraction of sp³-hybridized carbons (Fsp3) is 0.333. The van der Waals surface area contributed by atoms with Crippen LogP contribution >= 0.6 is 15.9 Å². The van der Waals surface area contributed by atoms with Gasteiger partial charge < -0.3 is 5.32 Å². The number of halogens is 1. The van der Waals surface area contributed by atoms with Crippen LogP contribution in [0.15, 0.2) is 53.0 Å². The fourth-order valence-electron chi connectivity index (χ4n) is 3.14. The van der Waals surface area contributed by atoms with Crippen molar-refractivity contribution in [3.05, 3.63) is 69.7 Å². The van der Waals surface area contributed by atoms with E-state index in [2.05, 4.69) is 76.7 Å². The first-order valence-electron chi connectivity index (χ1n) is 7.37. The van der Waals surface area contributed by atoms with Crippen molar-refractivity contribution in [3.8, 4) is 0 Å². The summed E-state index contributed by atoms with van der Waals surface area (Å²) in [5.41, 5.74) is 4.35. The zero-order valence-electron chi connectivity index (χ0n) is 11.8. The van der Waals surface area contributed by atoms with Gasteiger partial charge >= 0.3 is 0 Å². The third-order valence-corrected chi connectivity index (χ3v) is 4.69. The number of fused-ring (bicyclic) bond motifs is 1. The van der Waals surface area contributed by atoms with Gasteiger partial charge in [-0.3, -0.25) is 0 Å². The molecule has 0 saturated carbocycles. The minimum atomic E-state index is 0.441. The maximum Gasteiger partial charge on any atom is 0.0331 e. The lowest BCUT2D eigenvalue weighted by Gasteiger charge is -2.23. The summed E-state index contributed by atoms with van der Waals surface area (Å²) in [6.07, 6.45) is 3.50. The van der Waals surface area contributed by atoms with Crippen LogP contribution < -0.4 is 5.32 Å². The van der Waals surface area contributed by atoms with Crippen molar-refractivity contribution in [2.75, 3.05) is 0 Å². The van der Waals surface area contributed by atoms with Crippen molar-refractivity contribution in [3.63, 3.8) is 0 Å². The molecule has 0 amide bonds. The number of rotatable bonds is 4. The second-order valence-electron chi connectivity index (χ2n) is 5.47. The number of hydrogen-bond acceptors (Lipinski definition) is 1. The largest absolute Gasteiger partial charge is 0.303 e. The van der Waals surface area contributed by atoms with E-state index in [1.165, 1.54) is 34.0 Å². The summed E-state index contributed by atoms with van der Waals surface area (Å²) in [7, 11) is 0. The molecule has 0 heterocycles. The molecule has 1 aliphatic carbocycles. The molecule has 0 fully saturated rings. The Bertz CT molecular complexity index is 579. The average Bonchev–Trinajstić information content (AvgIpc) is 2.87. The standard InChI is InChI=1S/C18H20BrN/c1-2-17(13-6-4-3-5-7-13)20-18-11-8-14-12-15(19)9-10-16(14)18/h3-7,9-10,12,17-18,20H,2,8,11H2,1H3. The van der Waals surface area contributed by atoms with Crippen molar-refractivity contribution < 1.29 is 0 Å². The normalized spacial score (nSPS) is 18.8. The lowest BCUT2D eigenvalue weighted by molar-refractivity contribution is 0.433. The molecule has 0 radical (unpaired) electrons. The lowest BCUT2D eigenvalue weighted by atomic mass is 10.0. The van der Waals surface area contributed by atoms with E-state index in [1.807, 2.05) is 0 Å². The Kier molecular flexibility index (Phi) is 4.23. The van der Waals surface area contributed by atoms with E-state index in [0.717, 1.165) is 6.42 Å². The second kappa shape index (κ2) is 6.11. The predicted molar refractivity (Wildman–Crippen MR) is 87.8 cm³/mol. The van der Waals surface area contributed by atoms with Crippen LogP contribution in [0, 0.1) is 0 Å². The van der Waals surface area contributed by atoms with Crippen LogP contribution in [0.1, 0.15) is 48.5 Å². The van der Waals surface area contributed by atoms with Gasteiger partial charge in [0.2, 0.25) is 0 Å². The summed E-state index contributed by atoms with van der Waals surface area (Å²) in [6, 6.07) is 18.4. The van der Waals surface area contributed by atoms with Crippen molar-refractivity contribution in [2.24, 2.45) is 0 Å². The Morgan fingerprint density at radius 1 is 1.20 bits per heavy atom. The summed E-state index contributed by atoms with van der Waals surface area (Å²) in [5, 5.41) is 3.84. The van der Waals surface area contributed by atoms with E-state index in [9.17, 15) is 0 Å². The van der Waals surface area contributed by atoms with Gasteiger partial charge in [0.1, 0.15) is 0 Å². The second-order valence-corrected chi connectivity index (χ2v) is 6.39. The van der Waals surface area contributed by atoms with Crippen LogP contribution in [0.5, 0.6) is 0 Å². The zero-order chi connectivity index (χ0) is 13.9. The third-order valence-electron chi connectivity index (χ3n) is 4.20. The van der Waals surface area contributed by atoms with Gasteiger partial charge in [-0.15, -0.1) is 0 Å². The van der Waals surface area contributed by atoms with Crippen molar-refractivity contribution in [2.45, 2.75) is 38.3 Å². The minimum absolute atomic E-state index is 0.441. The van der Waals surface area contributed by atoms with Gasteiger partial charge in [0.15, 0.2) is 0 Å². The molecule has 0 spiro atoms. The highest BCUT2D eigenvalue weighted by Crippen LogP contribution is 2.35. The molecule has 1 nitrogen and oxygen atoms in total. The zero-order valence-corrected chi connectivity index (χ0v) is 13.4. The Labute approximate surface area is 129 Å². The van der Waals surface area contributed by atoms with E-state index in [-0.39, 0.29) is 0 Å². The molecule has 2 aromatic rings. The monoisotopic (exact) mass is 329 g/mol. The molecule has 0 aliphatic heterocycles. The van der Waals surface area contributed by atoms with Crippen molar-refractivity contribution in [1.82, 2.24) is 5.32 Å². The molecule has 20 heavy (non-hydrogen) atoms. The molecule has 2 atom stereocenters. The smallest absolute Gasteiger partial charge is 0.0331 e. The molecule has 2 aromatic carbocycles. The quantitative estimate of drug-likeness (QED) is 0.815. The van der Waals surface area contributed by atoms with E-state index in [1.54, 1.807) is 0 Å². The number of hydrogen-bond donors (Lipinski definition) is 1. The van der Waals surface area contributed by atoms with E-state index in [4.69, 9.17) is 0 Å². The summed E-state index contributed by atoms with van der Waals surface area (Å²) in [4.78, 5) is 0. The molecule has 2 heteroatoms. The molecule has 0 saturated heterocycles. The lowest BCUT2D eigenvalue weighted by Crippen LogP contribution is -2.24. The topological polar surface area (TPSA) is 12.0 Å². The van der Waals surface area contributed by atoms with E-state index >= 15 is 0 Å². The molecule has 104 valence electrons. The maximum absolute atomic E-state index is 3.84. The minimum Gasteiger partial charge on any atom is -0.303 e. The van der Waals surface area contributed by atoms with Gasteiger partial charge in [0.05, 0.1) is 0 Å². The predicted octanol–water partition coefficient (Wildman–Crippen LogP) is 5.18. The van der Waals surface area contributed by atoms with Crippen molar-refractivity contribution >= 4 is 15.9 Å². The Hall–Kier alpha value is -1.12. The first-order chi connectivity index (χ1) is 9.78. The third kappa shape index (κ3) is 2.82. The number of benzene rings is 2. The van der Waals surface area contributed by atoms with Gasteiger partial charge in [0.25, 0.3) is 0 Å². The van der Waals surface area contributed by atoms with Gasteiger partial charge in [-0.05, 0) is 48.1 Å². The van der Waals surface area contributed by atoms with E-state index < -0.39 is 0 Å². The highest BCUT2D eigenvalue weighted by atomic mass is 79.9. The average molecular weight is 330 g/mol. The maximum atomic E-state index is 3.84. The summed E-state index contributed by atoms with van der Waals surface area (Å²) in [6.45, 7) is 2.25. The van der Waals surface area contributed by atoms with Gasteiger partial charge in [-0.1, -0.05) is 59.3 Å². The molecule has 1 aliphatic rings. The summed E-state index contributed by atoms with van der Waals surface area (Å²) >= 11 is 3.57. The molecular formula is C18H20BrN. The first-order valence-corrected chi connectivity index (χ1v) is 8.16. The number of aryl methyl sites for hydroxylation is 1. The Balaban J connectivity index is 1.79. The first kappa shape index (κ1) is 13.8. The number of nitrogens with one attached hydrogen (secondary N) is 1. The SMILES string of the molecule is CCC(NC1CCc2cc(Br)ccc21)c1ccccc1. The Morgan fingerprint density at radius 2 is 2.00 bits per heavy atom. The fourth-order valence-corrected chi connectivity index (χ4v) is 3.55. The van der Waals surface area contributed by atoms with Crippen molar-refractivity contribution in [1.29, 1.82) is 0 Å². The molecule has 0 aromatic heterocycles. The van der Waals surface area contributed by atoms with E-state index in [0.29, 0.717) is 12.1 Å². The van der Waals surface area contributed by atoms with Crippen LogP contribution in [0.25, 0.3) is 0 Å².